The fourth-order valence-corrected chi connectivity index (χ4v) is 2.08. The Balaban J connectivity index is 2.07. The van der Waals surface area contributed by atoms with E-state index < -0.39 is 0 Å². The van der Waals surface area contributed by atoms with E-state index in [1.54, 1.807) is 17.5 Å². The number of nitrogens with zero attached hydrogens (tertiary/aromatic N) is 2. The molecule has 2 N–H and O–H groups in total. The molecular weight excluding hydrogens is 206 g/mol. The minimum absolute atomic E-state index is 0.0511. The molecular formula is C11H13N3S. The fraction of sp³-hybridized carbons (Fsp3) is 0.273. The van der Waals surface area contributed by atoms with Crippen LogP contribution >= 0.6 is 11.3 Å². The first-order valence-corrected chi connectivity index (χ1v) is 5.71. The second-order valence-corrected chi connectivity index (χ2v) is 4.49. The molecule has 0 aliphatic carbocycles. The maximum Gasteiger partial charge on any atom is 0.0898 e. The molecule has 2 aromatic heterocycles. The molecule has 0 saturated heterocycles. The molecule has 0 radical (unpaired) electrons. The highest BCUT2D eigenvalue weighted by Crippen LogP contribution is 2.17. The van der Waals surface area contributed by atoms with Crippen molar-refractivity contribution in [2.24, 2.45) is 5.73 Å². The van der Waals surface area contributed by atoms with Crippen molar-refractivity contribution in [3.8, 4) is 0 Å². The van der Waals surface area contributed by atoms with Gasteiger partial charge in [0.05, 0.1) is 16.7 Å². The lowest BCUT2D eigenvalue weighted by Gasteiger charge is -2.07. The third-order valence-corrected chi connectivity index (χ3v) is 2.96. The van der Waals surface area contributed by atoms with E-state index in [0.29, 0.717) is 0 Å². The van der Waals surface area contributed by atoms with E-state index in [2.05, 4.69) is 9.97 Å². The van der Waals surface area contributed by atoms with Crippen molar-refractivity contribution in [3.05, 3.63) is 46.2 Å². The van der Waals surface area contributed by atoms with E-state index in [9.17, 15) is 0 Å². The molecule has 0 saturated carbocycles. The summed E-state index contributed by atoms with van der Waals surface area (Å²) in [7, 11) is 0. The third-order valence-electron chi connectivity index (χ3n) is 2.17. The van der Waals surface area contributed by atoms with Crippen LogP contribution in [-0.4, -0.2) is 9.97 Å². The second-order valence-electron chi connectivity index (χ2n) is 3.42. The van der Waals surface area contributed by atoms with Crippen LogP contribution in [0.5, 0.6) is 0 Å². The van der Waals surface area contributed by atoms with Gasteiger partial charge in [-0.1, -0.05) is 6.07 Å². The van der Waals surface area contributed by atoms with Gasteiger partial charge in [-0.2, -0.15) is 0 Å². The molecule has 2 heterocycles. The summed E-state index contributed by atoms with van der Waals surface area (Å²) in [5.41, 5.74) is 8.02. The Morgan fingerprint density at radius 2 is 2.33 bits per heavy atom. The van der Waals surface area contributed by atoms with Gasteiger partial charge in [0.15, 0.2) is 0 Å². The Hall–Kier alpha value is -1.26. The number of rotatable bonds is 3. The first-order valence-electron chi connectivity index (χ1n) is 4.83. The minimum atomic E-state index is -0.0511. The van der Waals surface area contributed by atoms with Crippen LogP contribution in [0.15, 0.2) is 29.8 Å². The van der Waals surface area contributed by atoms with Crippen molar-refractivity contribution >= 4 is 11.3 Å². The Morgan fingerprint density at radius 1 is 1.47 bits per heavy atom. The monoisotopic (exact) mass is 219 g/mol. The van der Waals surface area contributed by atoms with Crippen molar-refractivity contribution < 1.29 is 0 Å². The first kappa shape index (κ1) is 10.3. The lowest BCUT2D eigenvalue weighted by molar-refractivity contribution is 0.687. The average Bonchev–Trinajstić information content (AvgIpc) is 2.66. The predicted molar refractivity (Wildman–Crippen MR) is 61.7 cm³/mol. The Morgan fingerprint density at radius 3 is 2.93 bits per heavy atom. The standard InChI is InChI=1S/C11H13N3S/c1-8-14-11(7-15-8)10(12)6-9-4-2-3-5-13-9/h2-5,7,10H,6,12H2,1H3. The Kier molecular flexibility index (Phi) is 3.08. The lowest BCUT2D eigenvalue weighted by Crippen LogP contribution is -2.14. The molecule has 4 heteroatoms. The van der Waals surface area contributed by atoms with Gasteiger partial charge in [0.1, 0.15) is 0 Å². The molecule has 78 valence electrons. The van der Waals surface area contributed by atoms with Crippen LogP contribution in [0, 0.1) is 6.92 Å². The van der Waals surface area contributed by atoms with Crippen LogP contribution in [0.2, 0.25) is 0 Å². The topological polar surface area (TPSA) is 51.8 Å². The van der Waals surface area contributed by atoms with Crippen molar-refractivity contribution in [1.82, 2.24) is 9.97 Å². The van der Waals surface area contributed by atoms with Crippen molar-refractivity contribution in [3.63, 3.8) is 0 Å². The maximum absolute atomic E-state index is 6.04. The number of aryl methyl sites for hydroxylation is 1. The highest BCUT2D eigenvalue weighted by Gasteiger charge is 2.10. The molecule has 3 nitrogen and oxygen atoms in total. The molecule has 0 spiro atoms. The van der Waals surface area contributed by atoms with Gasteiger partial charge in [0, 0.05) is 23.7 Å². The quantitative estimate of drug-likeness (QED) is 0.860. The van der Waals surface area contributed by atoms with Gasteiger partial charge in [-0.25, -0.2) is 4.98 Å². The number of aromatic nitrogens is 2. The number of pyridine rings is 1. The van der Waals surface area contributed by atoms with E-state index in [0.717, 1.165) is 22.8 Å². The van der Waals surface area contributed by atoms with Crippen LogP contribution in [0.4, 0.5) is 0 Å². The van der Waals surface area contributed by atoms with E-state index >= 15 is 0 Å². The third kappa shape index (κ3) is 2.61. The van der Waals surface area contributed by atoms with E-state index in [1.165, 1.54) is 0 Å². The molecule has 2 rings (SSSR count). The lowest BCUT2D eigenvalue weighted by atomic mass is 10.1. The van der Waals surface area contributed by atoms with Crippen molar-refractivity contribution in [2.45, 2.75) is 19.4 Å². The van der Waals surface area contributed by atoms with Gasteiger partial charge >= 0.3 is 0 Å². The van der Waals surface area contributed by atoms with Gasteiger partial charge in [0.2, 0.25) is 0 Å². The highest BCUT2D eigenvalue weighted by atomic mass is 32.1. The summed E-state index contributed by atoms with van der Waals surface area (Å²) in [6.45, 7) is 1.99. The maximum atomic E-state index is 6.04. The highest BCUT2D eigenvalue weighted by molar-refractivity contribution is 7.09. The summed E-state index contributed by atoms with van der Waals surface area (Å²) in [5.74, 6) is 0. The van der Waals surface area contributed by atoms with Gasteiger partial charge in [0.25, 0.3) is 0 Å². The molecule has 0 aliphatic heterocycles. The molecule has 0 bridgehead atoms. The van der Waals surface area contributed by atoms with Crippen LogP contribution in [0.3, 0.4) is 0 Å². The first-order chi connectivity index (χ1) is 7.25. The number of hydrogen-bond donors (Lipinski definition) is 1. The summed E-state index contributed by atoms with van der Waals surface area (Å²) in [4.78, 5) is 8.62. The molecule has 0 aromatic carbocycles. The fourth-order valence-electron chi connectivity index (χ4n) is 1.40. The van der Waals surface area contributed by atoms with Crippen molar-refractivity contribution in [2.75, 3.05) is 0 Å². The summed E-state index contributed by atoms with van der Waals surface area (Å²) in [5, 5.41) is 3.07. The summed E-state index contributed by atoms with van der Waals surface area (Å²) in [6, 6.07) is 5.81. The van der Waals surface area contributed by atoms with Crippen LogP contribution in [0.1, 0.15) is 22.4 Å². The molecule has 0 amide bonds. The number of thiazole rings is 1. The second kappa shape index (κ2) is 4.51. The zero-order chi connectivity index (χ0) is 10.7. The summed E-state index contributed by atoms with van der Waals surface area (Å²) in [6.07, 6.45) is 2.53. The van der Waals surface area contributed by atoms with Crippen molar-refractivity contribution in [1.29, 1.82) is 0 Å². The zero-order valence-electron chi connectivity index (χ0n) is 8.55. The molecule has 1 unspecified atom stereocenters. The summed E-state index contributed by atoms with van der Waals surface area (Å²) >= 11 is 1.63. The van der Waals surface area contributed by atoms with E-state index in [-0.39, 0.29) is 6.04 Å². The smallest absolute Gasteiger partial charge is 0.0898 e. The number of nitrogens with two attached hydrogens (primary N) is 1. The SMILES string of the molecule is Cc1nc(C(N)Cc2ccccn2)cs1. The normalized spacial score (nSPS) is 12.7. The van der Waals surface area contributed by atoms with Gasteiger partial charge < -0.3 is 5.73 Å². The van der Waals surface area contributed by atoms with Gasteiger partial charge in [-0.3, -0.25) is 4.98 Å². The number of hydrogen-bond acceptors (Lipinski definition) is 4. The Bertz CT molecular complexity index is 424. The average molecular weight is 219 g/mol. The molecule has 0 aliphatic rings. The summed E-state index contributed by atoms with van der Waals surface area (Å²) < 4.78 is 0. The van der Waals surface area contributed by atoms with E-state index in [4.69, 9.17) is 5.73 Å². The largest absolute Gasteiger partial charge is 0.322 e. The molecule has 15 heavy (non-hydrogen) atoms. The predicted octanol–water partition coefficient (Wildman–Crippen LogP) is 2.09. The minimum Gasteiger partial charge on any atom is -0.322 e. The molecule has 1 atom stereocenters. The van der Waals surface area contributed by atoms with Gasteiger partial charge in [-0.15, -0.1) is 11.3 Å². The molecule has 2 aromatic rings. The Labute approximate surface area is 93.0 Å². The van der Waals surface area contributed by atoms with Gasteiger partial charge in [-0.05, 0) is 19.1 Å². The molecule has 0 fully saturated rings. The zero-order valence-corrected chi connectivity index (χ0v) is 9.37. The van der Waals surface area contributed by atoms with E-state index in [1.807, 2.05) is 30.5 Å². The van der Waals surface area contributed by atoms with Crippen LogP contribution in [-0.2, 0) is 6.42 Å². The van der Waals surface area contributed by atoms with Crippen LogP contribution < -0.4 is 5.73 Å². The van der Waals surface area contributed by atoms with Crippen LogP contribution in [0.25, 0.3) is 0 Å².